The number of rotatable bonds is 13. The molecule has 8 atom stereocenters. The summed E-state index contributed by atoms with van der Waals surface area (Å²) in [5, 5.41) is 1.82. The van der Waals surface area contributed by atoms with Gasteiger partial charge in [-0.25, -0.2) is 21.4 Å². The molecule has 12 heteroatoms. The van der Waals surface area contributed by atoms with Gasteiger partial charge in [0.05, 0.1) is 31.5 Å². The van der Waals surface area contributed by atoms with Crippen molar-refractivity contribution in [3.8, 4) is 0 Å². The third-order valence-electron chi connectivity index (χ3n) is 12.2. The number of allylic oxidation sites excluding steroid dienone is 2. The largest absolute Gasteiger partial charge is 0.748 e. The van der Waals surface area contributed by atoms with Crippen LogP contribution in [0.1, 0.15) is 116 Å². The number of hydrogen-bond acceptors (Lipinski definition) is 9. The lowest BCUT2D eigenvalue weighted by Gasteiger charge is -2.42. The maximum absolute atomic E-state index is 11.3. The van der Waals surface area contributed by atoms with Crippen LogP contribution in [0.4, 0.5) is 0 Å². The Morgan fingerprint density at radius 2 is 1.53 bits per heavy atom. The van der Waals surface area contributed by atoms with E-state index in [2.05, 4.69) is 28.6 Å². The molecule has 4 saturated carbocycles. The molecule has 6 aliphatic rings. The van der Waals surface area contributed by atoms with Gasteiger partial charge in [0.25, 0.3) is 0 Å². The highest BCUT2D eigenvalue weighted by atomic mass is 32.2. The molecule has 0 aromatic rings. The second-order valence-electron chi connectivity index (χ2n) is 15.2. The summed E-state index contributed by atoms with van der Waals surface area (Å²) in [6, 6.07) is 0.735. The van der Waals surface area contributed by atoms with Gasteiger partial charge in [-0.1, -0.05) is 51.9 Å². The standard InChI is InChI=1S/C35H56N2O7S3/c1-2-25(21-33-36(17-7-9-19-46(38,39)40)31-23-27-12-3-4-13-28(27)24-32(31)44-33)22-34-37(18-8-10-20-47(41,42)43)30-16-15-26-11-5-6-14-29(26)35(30)45-34/h21-22,26-32,35H,2-20,23-24H2,1H3,(H-,38,39,40,41,42,43)/p-1. The van der Waals surface area contributed by atoms with Crippen LogP contribution in [0.3, 0.4) is 0 Å². The summed E-state index contributed by atoms with van der Waals surface area (Å²) in [6.45, 7) is 3.62. The Morgan fingerprint density at radius 1 is 0.872 bits per heavy atom. The van der Waals surface area contributed by atoms with Gasteiger partial charge in [-0.3, -0.25) is 0 Å². The summed E-state index contributed by atoms with van der Waals surface area (Å²) in [6.07, 6.45) is 22.7. The first-order chi connectivity index (χ1) is 22.5. The fourth-order valence-electron chi connectivity index (χ4n) is 9.87. The summed E-state index contributed by atoms with van der Waals surface area (Å²) in [5.41, 5.74) is 1.19. The zero-order valence-electron chi connectivity index (χ0n) is 28.1. The highest BCUT2D eigenvalue weighted by Gasteiger charge is 2.51. The monoisotopic (exact) mass is 711 g/mol. The fourth-order valence-corrected chi connectivity index (χ4v) is 12.8. The van der Waals surface area contributed by atoms with Crippen LogP contribution in [0.15, 0.2) is 23.6 Å². The lowest BCUT2D eigenvalue weighted by atomic mass is 9.68. The first-order valence-electron chi connectivity index (χ1n) is 18.5. The molecule has 0 amide bonds. The van der Waals surface area contributed by atoms with E-state index in [9.17, 15) is 25.9 Å². The molecule has 266 valence electrons. The molecule has 1 saturated heterocycles. The van der Waals surface area contributed by atoms with E-state index in [0.29, 0.717) is 43.5 Å². The molecule has 6 rings (SSSR count). The van der Waals surface area contributed by atoms with Crippen LogP contribution in [-0.4, -0.2) is 88.5 Å². The third-order valence-corrected chi connectivity index (χ3v) is 15.3. The molecule has 0 spiro atoms. The second kappa shape index (κ2) is 15.4. The van der Waals surface area contributed by atoms with Gasteiger partial charge in [-0.05, 0) is 92.4 Å². The van der Waals surface area contributed by atoms with Crippen LogP contribution in [0, 0.1) is 23.7 Å². The highest BCUT2D eigenvalue weighted by molar-refractivity contribution is 8.14. The Balaban J connectivity index is 1.25. The maximum Gasteiger partial charge on any atom is 0.235 e. The van der Waals surface area contributed by atoms with E-state index in [1.807, 2.05) is 11.8 Å². The van der Waals surface area contributed by atoms with Crippen molar-refractivity contribution in [3.05, 3.63) is 23.6 Å². The third kappa shape index (κ3) is 8.99. The van der Waals surface area contributed by atoms with E-state index in [4.69, 9.17) is 4.74 Å². The molecule has 0 radical (unpaired) electrons. The molecule has 47 heavy (non-hydrogen) atoms. The maximum atomic E-state index is 11.3. The number of unbranched alkanes of at least 4 members (excludes halogenated alkanes) is 2. The van der Waals surface area contributed by atoms with Crippen molar-refractivity contribution >= 4 is 37.0 Å². The van der Waals surface area contributed by atoms with Crippen molar-refractivity contribution in [2.45, 2.75) is 140 Å². The Kier molecular flexibility index (Phi) is 11.7. The van der Waals surface area contributed by atoms with Gasteiger partial charge in [0.15, 0.2) is 11.9 Å². The van der Waals surface area contributed by atoms with Crippen LogP contribution in [0.25, 0.3) is 0 Å². The van der Waals surface area contributed by atoms with Gasteiger partial charge in [0.1, 0.15) is 12.6 Å². The zero-order chi connectivity index (χ0) is 33.2. The number of thioether (sulfide) groups is 1. The van der Waals surface area contributed by atoms with Crippen molar-refractivity contribution in [2.75, 3.05) is 24.6 Å². The van der Waals surface area contributed by atoms with Gasteiger partial charge in [0, 0.05) is 43.0 Å². The van der Waals surface area contributed by atoms with Crippen molar-refractivity contribution in [3.63, 3.8) is 0 Å². The number of hydrogen-bond donors (Lipinski definition) is 0. The number of fused-ring (bicyclic) bond motifs is 5. The molecule has 9 nitrogen and oxygen atoms in total. The number of ether oxygens (including phenoxy) is 1. The first-order valence-corrected chi connectivity index (χ1v) is 22.6. The average molecular weight is 712 g/mol. The predicted octanol–water partition coefficient (Wildman–Crippen LogP) is 5.98. The smallest absolute Gasteiger partial charge is 0.235 e. The molecule has 5 fully saturated rings. The van der Waals surface area contributed by atoms with E-state index < -0.39 is 20.2 Å². The Hall–Kier alpha value is -1.08. The molecule has 0 N–H and O–H groups in total. The van der Waals surface area contributed by atoms with E-state index >= 15 is 0 Å². The molecule has 2 heterocycles. The predicted molar refractivity (Wildman–Crippen MR) is 184 cm³/mol. The van der Waals surface area contributed by atoms with Crippen molar-refractivity contribution < 1.29 is 35.3 Å². The topological polar surface area (TPSA) is 130 Å². The van der Waals surface area contributed by atoms with Crippen LogP contribution in [0.5, 0.6) is 0 Å². The minimum absolute atomic E-state index is 0.148. The van der Waals surface area contributed by atoms with Crippen LogP contribution in [0.2, 0.25) is 0 Å². The lowest BCUT2D eigenvalue weighted by Crippen LogP contribution is -2.44. The van der Waals surface area contributed by atoms with Gasteiger partial charge in [0.2, 0.25) is 5.04 Å². The van der Waals surface area contributed by atoms with E-state index in [1.54, 1.807) is 0 Å². The molecular formula is C35H55N2O7S3-. The molecule has 0 bridgehead atoms. The van der Waals surface area contributed by atoms with Gasteiger partial charge < -0.3 is 18.7 Å². The summed E-state index contributed by atoms with van der Waals surface area (Å²) in [7, 11) is -8.44. The molecule has 4 aliphatic carbocycles. The summed E-state index contributed by atoms with van der Waals surface area (Å²) in [5.74, 6) is 3.24. The zero-order valence-corrected chi connectivity index (χ0v) is 30.5. The van der Waals surface area contributed by atoms with Gasteiger partial charge in [-0.15, -0.1) is 0 Å². The molecule has 2 aliphatic heterocycles. The number of nitrogens with zero attached hydrogens (tertiary/aromatic N) is 2. The first kappa shape index (κ1) is 35.7. The molecular weight excluding hydrogens is 657 g/mol. The Bertz CT molecular complexity index is 1430. The van der Waals surface area contributed by atoms with Crippen molar-refractivity contribution in [1.29, 1.82) is 0 Å². The molecule has 0 aromatic heterocycles. The summed E-state index contributed by atoms with van der Waals surface area (Å²) < 4.78 is 77.1. The molecule has 0 aromatic carbocycles. The normalized spacial score (nSPS) is 35.3. The van der Waals surface area contributed by atoms with E-state index in [1.165, 1.54) is 74.8 Å². The second-order valence-corrected chi connectivity index (χ2v) is 19.4. The Morgan fingerprint density at radius 3 is 2.23 bits per heavy atom. The quantitative estimate of drug-likeness (QED) is 0.129. The van der Waals surface area contributed by atoms with Crippen LogP contribution in [-0.2, 0) is 25.0 Å². The fraction of sp³-hybridized carbons (Fsp3) is 0.857. The average Bonchev–Trinajstić information content (AvgIpc) is 3.55. The summed E-state index contributed by atoms with van der Waals surface area (Å²) >= 11 is 2.02. The highest BCUT2D eigenvalue weighted by Crippen LogP contribution is 2.50. The van der Waals surface area contributed by atoms with E-state index in [-0.39, 0.29) is 23.7 Å². The van der Waals surface area contributed by atoms with E-state index in [0.717, 1.165) is 55.4 Å². The van der Waals surface area contributed by atoms with Gasteiger partial charge in [-0.2, -0.15) is 0 Å². The van der Waals surface area contributed by atoms with Crippen LogP contribution >= 0.6 is 11.8 Å². The SMILES string of the molecule is CCC(=CC1=[N+](CCCCS(=O)(=O)[O-])C2CCC3CCCCC3C2S1)C=C1OC2CC3CCCCC3CC2N1CCCCS(=O)(=O)[O-]. The Labute approximate surface area is 287 Å². The minimum Gasteiger partial charge on any atom is -0.748 e. The summed E-state index contributed by atoms with van der Waals surface area (Å²) in [4.78, 5) is 2.39. The minimum atomic E-state index is -4.23. The van der Waals surface area contributed by atoms with Crippen molar-refractivity contribution in [2.24, 2.45) is 23.7 Å². The lowest BCUT2D eigenvalue weighted by molar-refractivity contribution is -0.564. The van der Waals surface area contributed by atoms with Crippen LogP contribution < -0.4 is 0 Å². The molecule has 8 unspecified atom stereocenters. The van der Waals surface area contributed by atoms with Gasteiger partial charge >= 0.3 is 0 Å². The van der Waals surface area contributed by atoms with Crippen molar-refractivity contribution in [1.82, 2.24) is 4.90 Å².